The number of carbonyl (C=O) groups excluding carboxylic acids is 4. The number of nitrogens with one attached hydrogen (secondary N) is 3. The highest BCUT2D eigenvalue weighted by Crippen LogP contribution is 2.07. The molecular weight excluding hydrogens is 506 g/mol. The van der Waals surface area contributed by atoms with E-state index in [2.05, 4.69) is 20.9 Å². The Balaban J connectivity index is 5.58. The van der Waals surface area contributed by atoms with Gasteiger partial charge >= 0.3 is 11.9 Å². The van der Waals surface area contributed by atoms with Crippen LogP contribution in [0.4, 0.5) is 0 Å². The molecule has 0 fully saturated rings. The van der Waals surface area contributed by atoms with Crippen LogP contribution in [0.15, 0.2) is 4.99 Å². The summed E-state index contributed by atoms with van der Waals surface area (Å²) in [7, 11) is 0. The first kappa shape index (κ1) is 34.0. The van der Waals surface area contributed by atoms with E-state index in [0.29, 0.717) is 19.4 Å². The summed E-state index contributed by atoms with van der Waals surface area (Å²) >= 11 is 0. The number of aliphatic imine (C=N–C) groups is 1. The number of aliphatic carboxylic acids is 2. The first-order valence-corrected chi connectivity index (χ1v) is 11.9. The van der Waals surface area contributed by atoms with Gasteiger partial charge in [0.05, 0.1) is 12.5 Å². The van der Waals surface area contributed by atoms with E-state index in [1.807, 2.05) is 0 Å². The molecule has 0 rings (SSSR count). The zero-order valence-electron chi connectivity index (χ0n) is 21.1. The van der Waals surface area contributed by atoms with Crippen molar-refractivity contribution in [2.24, 2.45) is 33.7 Å². The van der Waals surface area contributed by atoms with Gasteiger partial charge < -0.3 is 54.8 Å². The van der Waals surface area contributed by atoms with Gasteiger partial charge in [0.2, 0.25) is 23.6 Å². The van der Waals surface area contributed by atoms with Crippen LogP contribution in [0, 0.1) is 0 Å². The predicted octanol–water partition coefficient (Wildman–Crippen LogP) is -4.22. The van der Waals surface area contributed by atoms with E-state index in [9.17, 15) is 33.9 Å². The molecule has 17 nitrogen and oxygen atoms in total. The number of carbonyl (C=O) groups is 6. The molecule has 0 heterocycles. The van der Waals surface area contributed by atoms with Crippen molar-refractivity contribution in [2.45, 2.75) is 75.5 Å². The van der Waals surface area contributed by atoms with Crippen LogP contribution >= 0.6 is 0 Å². The monoisotopic (exact) mass is 545 g/mol. The summed E-state index contributed by atoms with van der Waals surface area (Å²) in [6.07, 6.45) is -0.0353. The summed E-state index contributed by atoms with van der Waals surface area (Å²) in [5.41, 5.74) is 26.6. The summed E-state index contributed by atoms with van der Waals surface area (Å²) in [5, 5.41) is 25.4. The number of nitrogens with two attached hydrogens (primary N) is 5. The maximum atomic E-state index is 13.0. The number of nitrogens with zero attached hydrogens (tertiary/aromatic N) is 1. The highest BCUT2D eigenvalue weighted by Gasteiger charge is 2.30. The van der Waals surface area contributed by atoms with E-state index >= 15 is 0 Å². The molecule has 0 saturated carbocycles. The van der Waals surface area contributed by atoms with Crippen molar-refractivity contribution in [3.8, 4) is 0 Å². The number of carboxylic acid groups (broad SMARTS) is 2. The van der Waals surface area contributed by atoms with Crippen LogP contribution < -0.4 is 44.6 Å². The summed E-state index contributed by atoms with van der Waals surface area (Å²) < 4.78 is 0. The Morgan fingerprint density at radius 1 is 0.737 bits per heavy atom. The fourth-order valence-electron chi connectivity index (χ4n) is 3.18. The Labute approximate surface area is 219 Å². The van der Waals surface area contributed by atoms with Crippen molar-refractivity contribution in [3.05, 3.63) is 0 Å². The molecule has 38 heavy (non-hydrogen) atoms. The Morgan fingerprint density at radius 3 is 1.76 bits per heavy atom. The lowest BCUT2D eigenvalue weighted by Gasteiger charge is -2.25. The summed E-state index contributed by atoms with van der Waals surface area (Å²) in [6, 6.07) is -5.37. The number of unbranched alkanes of at least 4 members (excludes halogenated alkanes) is 1. The molecule has 0 bridgehead atoms. The van der Waals surface area contributed by atoms with E-state index in [1.165, 1.54) is 0 Å². The van der Waals surface area contributed by atoms with Crippen molar-refractivity contribution in [1.82, 2.24) is 16.0 Å². The summed E-state index contributed by atoms with van der Waals surface area (Å²) in [4.78, 5) is 75.7. The SMILES string of the molecule is NCCCCC(NC(=O)C(CCC(N)=O)NC(=O)C(N)CC(=O)O)C(=O)NC(CCCN=C(N)N)C(=O)O. The largest absolute Gasteiger partial charge is 0.481 e. The minimum Gasteiger partial charge on any atom is -0.481 e. The van der Waals surface area contributed by atoms with Gasteiger partial charge in [0.15, 0.2) is 5.96 Å². The van der Waals surface area contributed by atoms with Crippen LogP contribution in [0.1, 0.15) is 51.4 Å². The third-order valence-electron chi connectivity index (χ3n) is 5.18. The molecule has 4 atom stereocenters. The molecule has 0 aliphatic heterocycles. The zero-order valence-corrected chi connectivity index (χ0v) is 21.1. The van der Waals surface area contributed by atoms with Gasteiger partial charge in [-0.05, 0) is 45.1 Å². The number of primary amides is 1. The second-order valence-electron chi connectivity index (χ2n) is 8.46. The normalized spacial score (nSPS) is 13.7. The smallest absolute Gasteiger partial charge is 0.326 e. The number of hydrogen-bond acceptors (Lipinski definition) is 9. The zero-order chi connectivity index (χ0) is 29.3. The van der Waals surface area contributed by atoms with Gasteiger partial charge in [-0.15, -0.1) is 0 Å². The van der Waals surface area contributed by atoms with E-state index < -0.39 is 66.2 Å². The maximum Gasteiger partial charge on any atom is 0.326 e. The van der Waals surface area contributed by atoms with Crippen LogP contribution in [-0.4, -0.2) is 89.0 Å². The van der Waals surface area contributed by atoms with Gasteiger partial charge in [0.1, 0.15) is 18.1 Å². The number of carboxylic acids is 2. The molecule has 17 heteroatoms. The van der Waals surface area contributed by atoms with Crippen LogP contribution in [0.2, 0.25) is 0 Å². The molecule has 216 valence electrons. The quantitative estimate of drug-likeness (QED) is 0.0395. The molecule has 4 amide bonds. The van der Waals surface area contributed by atoms with Gasteiger partial charge in [-0.25, -0.2) is 4.79 Å². The second kappa shape index (κ2) is 18.3. The molecule has 0 aromatic rings. The highest BCUT2D eigenvalue weighted by atomic mass is 16.4. The lowest BCUT2D eigenvalue weighted by Crippen LogP contribution is -2.57. The summed E-state index contributed by atoms with van der Waals surface area (Å²) in [5.74, 6) is -6.22. The lowest BCUT2D eigenvalue weighted by atomic mass is 10.0. The third-order valence-corrected chi connectivity index (χ3v) is 5.18. The first-order valence-electron chi connectivity index (χ1n) is 11.9. The van der Waals surface area contributed by atoms with Gasteiger partial charge in [-0.2, -0.15) is 0 Å². The van der Waals surface area contributed by atoms with Crippen molar-refractivity contribution in [3.63, 3.8) is 0 Å². The number of rotatable bonds is 20. The molecule has 0 radical (unpaired) electrons. The Hall–Kier alpha value is -3.99. The minimum absolute atomic E-state index is 0.0000789. The fraction of sp³-hybridized carbons (Fsp3) is 0.667. The predicted molar refractivity (Wildman–Crippen MR) is 135 cm³/mol. The average Bonchev–Trinajstić information content (AvgIpc) is 2.81. The number of hydrogen-bond donors (Lipinski definition) is 10. The van der Waals surface area contributed by atoms with E-state index in [1.54, 1.807) is 0 Å². The standard InChI is InChI=1S/C21H39N9O8/c22-8-2-1-4-12(18(35)30-14(20(37)38)5-3-9-27-21(25)26)29-19(36)13(6-7-15(24)31)28-17(34)11(23)10-16(32)33/h11-14H,1-10,22-23H2,(H2,24,31)(H,28,34)(H,29,36)(H,30,35)(H,32,33)(H,37,38)(H4,25,26,27). The van der Waals surface area contributed by atoms with Crippen molar-refractivity contribution in [1.29, 1.82) is 0 Å². The van der Waals surface area contributed by atoms with Crippen molar-refractivity contribution in [2.75, 3.05) is 13.1 Å². The molecule has 0 spiro atoms. The van der Waals surface area contributed by atoms with Crippen molar-refractivity contribution >= 4 is 41.5 Å². The van der Waals surface area contributed by atoms with Gasteiger partial charge in [-0.1, -0.05) is 0 Å². The molecule has 0 aromatic carbocycles. The van der Waals surface area contributed by atoms with E-state index in [4.69, 9.17) is 33.8 Å². The van der Waals surface area contributed by atoms with Crippen LogP contribution in [0.3, 0.4) is 0 Å². The van der Waals surface area contributed by atoms with Gasteiger partial charge in [-0.3, -0.25) is 29.0 Å². The number of guanidine groups is 1. The van der Waals surface area contributed by atoms with Crippen LogP contribution in [0.25, 0.3) is 0 Å². The Kier molecular flexibility index (Phi) is 16.4. The first-order chi connectivity index (χ1) is 17.8. The molecular formula is C21H39N9O8. The highest BCUT2D eigenvalue weighted by molar-refractivity contribution is 5.95. The van der Waals surface area contributed by atoms with Gasteiger partial charge in [0, 0.05) is 13.0 Å². The number of amides is 4. The minimum atomic E-state index is -1.48. The summed E-state index contributed by atoms with van der Waals surface area (Å²) in [6.45, 7) is 0.452. The van der Waals surface area contributed by atoms with E-state index in [-0.39, 0.29) is 44.6 Å². The van der Waals surface area contributed by atoms with Crippen LogP contribution in [-0.2, 0) is 28.8 Å². The Morgan fingerprint density at radius 2 is 1.26 bits per heavy atom. The average molecular weight is 546 g/mol. The topological polar surface area (TPSA) is 321 Å². The molecule has 0 aromatic heterocycles. The molecule has 4 unspecified atom stereocenters. The maximum absolute atomic E-state index is 13.0. The fourth-order valence-corrected chi connectivity index (χ4v) is 3.18. The molecule has 15 N–H and O–H groups in total. The Bertz CT molecular complexity index is 864. The third kappa shape index (κ3) is 15.2. The van der Waals surface area contributed by atoms with Crippen LogP contribution in [0.5, 0.6) is 0 Å². The van der Waals surface area contributed by atoms with E-state index in [0.717, 1.165) is 0 Å². The van der Waals surface area contributed by atoms with Gasteiger partial charge in [0.25, 0.3) is 0 Å². The lowest BCUT2D eigenvalue weighted by molar-refractivity contribution is -0.142. The molecule has 0 aliphatic carbocycles. The van der Waals surface area contributed by atoms with Crippen molar-refractivity contribution < 1.29 is 39.0 Å². The molecule has 0 aliphatic rings. The molecule has 0 saturated heterocycles. The second-order valence-corrected chi connectivity index (χ2v) is 8.46.